The maximum atomic E-state index is 13.3. The standard InChI is InChI=1S/C30H37Cl2NO2Si/c1-30(2,3)36(27-12-6-4-7-13-27,28-14-8-5-9-15-28)35-29(34)16-10-11-25-17-19-26(20-18-25)33(23-21-31)24-22-32/h4-9,12-15,17-20H,10-11,16,21-24H2,1-3H3. The Balaban J connectivity index is 1.72. The highest BCUT2D eigenvalue weighted by atomic mass is 35.5. The first-order chi connectivity index (χ1) is 17.3. The third-order valence-corrected chi connectivity index (χ3v) is 11.8. The molecule has 0 aliphatic heterocycles. The van der Waals surface area contributed by atoms with Crippen molar-refractivity contribution in [3.63, 3.8) is 0 Å². The monoisotopic (exact) mass is 541 g/mol. The van der Waals surface area contributed by atoms with Crippen LogP contribution in [0.2, 0.25) is 5.04 Å². The first-order valence-corrected chi connectivity index (χ1v) is 15.6. The molecule has 0 unspecified atom stereocenters. The third kappa shape index (κ3) is 6.93. The van der Waals surface area contributed by atoms with Crippen molar-refractivity contribution >= 4 is 53.5 Å². The quantitative estimate of drug-likeness (QED) is 0.196. The Labute approximate surface area is 227 Å². The molecule has 0 radical (unpaired) electrons. The number of nitrogens with zero attached hydrogens (tertiary/aromatic N) is 1. The van der Waals surface area contributed by atoms with E-state index < -0.39 is 8.32 Å². The molecule has 3 aromatic rings. The number of halogens is 2. The topological polar surface area (TPSA) is 29.5 Å². The molecular formula is C30H37Cl2NO2Si. The van der Waals surface area contributed by atoms with Crippen LogP contribution in [0, 0.1) is 0 Å². The number of benzene rings is 3. The predicted molar refractivity (Wildman–Crippen MR) is 157 cm³/mol. The molecule has 3 nitrogen and oxygen atoms in total. The Morgan fingerprint density at radius 3 is 1.75 bits per heavy atom. The summed E-state index contributed by atoms with van der Waals surface area (Å²) in [6.07, 6.45) is 1.95. The lowest BCUT2D eigenvalue weighted by Crippen LogP contribution is -2.67. The van der Waals surface area contributed by atoms with Crippen molar-refractivity contribution < 1.29 is 9.22 Å². The lowest BCUT2D eigenvalue weighted by atomic mass is 10.1. The fourth-order valence-corrected chi connectivity index (χ4v) is 9.54. The molecule has 0 heterocycles. The van der Waals surface area contributed by atoms with Gasteiger partial charge in [0.2, 0.25) is 0 Å². The van der Waals surface area contributed by atoms with E-state index in [1.165, 1.54) is 5.56 Å². The van der Waals surface area contributed by atoms with E-state index in [9.17, 15) is 4.79 Å². The van der Waals surface area contributed by atoms with Crippen LogP contribution in [-0.2, 0) is 15.6 Å². The zero-order chi connectivity index (χ0) is 26.0. The number of carbonyl (C=O) groups excluding carboxylic acids is 1. The number of alkyl halides is 2. The lowest BCUT2D eigenvalue weighted by Gasteiger charge is -2.42. The maximum Gasteiger partial charge on any atom is 0.323 e. The van der Waals surface area contributed by atoms with Crippen LogP contribution in [0.4, 0.5) is 5.69 Å². The summed E-state index contributed by atoms with van der Waals surface area (Å²) in [5.74, 6) is 0.995. The number of rotatable bonds is 12. The molecule has 0 atom stereocenters. The number of anilines is 1. The minimum Gasteiger partial charge on any atom is -0.510 e. The van der Waals surface area contributed by atoms with Crippen molar-refractivity contribution in [3.05, 3.63) is 90.5 Å². The number of carbonyl (C=O) groups is 1. The highest BCUT2D eigenvalue weighted by molar-refractivity contribution is 7.00. The Bertz CT molecular complexity index is 1020. The minimum atomic E-state index is -2.85. The van der Waals surface area contributed by atoms with E-state index in [1.54, 1.807) is 0 Å². The van der Waals surface area contributed by atoms with Gasteiger partial charge in [-0.25, -0.2) is 0 Å². The second-order valence-corrected chi connectivity index (χ2v) is 15.0. The second-order valence-electron chi connectivity index (χ2n) is 10.0. The van der Waals surface area contributed by atoms with Crippen molar-refractivity contribution in [1.29, 1.82) is 0 Å². The fraction of sp³-hybridized carbons (Fsp3) is 0.367. The third-order valence-electron chi connectivity index (χ3n) is 6.54. The van der Waals surface area contributed by atoms with Crippen LogP contribution in [0.5, 0.6) is 0 Å². The lowest BCUT2D eigenvalue weighted by molar-refractivity contribution is -0.135. The molecule has 3 aromatic carbocycles. The number of hydrogen-bond acceptors (Lipinski definition) is 3. The van der Waals surface area contributed by atoms with Gasteiger partial charge in [0.1, 0.15) is 0 Å². The molecule has 0 N–H and O–H groups in total. The molecule has 192 valence electrons. The van der Waals surface area contributed by atoms with E-state index in [0.29, 0.717) is 18.2 Å². The average molecular weight is 543 g/mol. The Kier molecular flexibility index (Phi) is 10.5. The summed E-state index contributed by atoms with van der Waals surface area (Å²) >= 11 is 11.9. The second kappa shape index (κ2) is 13.3. The largest absolute Gasteiger partial charge is 0.510 e. The van der Waals surface area contributed by atoms with Gasteiger partial charge in [0, 0.05) is 37.0 Å². The zero-order valence-corrected chi connectivity index (χ0v) is 24.1. The molecule has 0 fully saturated rings. The molecule has 0 aliphatic rings. The van der Waals surface area contributed by atoms with Crippen LogP contribution < -0.4 is 15.3 Å². The molecule has 0 amide bonds. The molecule has 0 aromatic heterocycles. The highest BCUT2D eigenvalue weighted by Crippen LogP contribution is 2.37. The first-order valence-electron chi connectivity index (χ1n) is 12.6. The molecule has 0 aliphatic carbocycles. The van der Waals surface area contributed by atoms with Gasteiger partial charge >= 0.3 is 8.32 Å². The molecular weight excluding hydrogens is 505 g/mol. The van der Waals surface area contributed by atoms with Crippen molar-refractivity contribution in [2.24, 2.45) is 0 Å². The van der Waals surface area contributed by atoms with Crippen molar-refractivity contribution in [2.75, 3.05) is 29.7 Å². The zero-order valence-electron chi connectivity index (χ0n) is 21.6. The molecule has 6 heteroatoms. The smallest absolute Gasteiger partial charge is 0.323 e. The van der Waals surface area contributed by atoms with Gasteiger partial charge in [0.15, 0.2) is 0 Å². The fourth-order valence-electron chi connectivity index (χ4n) is 4.76. The summed E-state index contributed by atoms with van der Waals surface area (Å²) in [6.45, 7) is 8.09. The van der Waals surface area contributed by atoms with Crippen molar-refractivity contribution in [3.8, 4) is 0 Å². The number of hydrogen-bond donors (Lipinski definition) is 0. The Morgan fingerprint density at radius 2 is 1.31 bits per heavy atom. The number of aryl methyl sites for hydroxylation is 1. The molecule has 3 rings (SSSR count). The molecule has 0 bridgehead atoms. The van der Waals surface area contributed by atoms with Crippen LogP contribution in [0.25, 0.3) is 0 Å². The van der Waals surface area contributed by atoms with E-state index in [4.69, 9.17) is 27.6 Å². The van der Waals surface area contributed by atoms with Gasteiger partial charge in [-0.2, -0.15) is 0 Å². The van der Waals surface area contributed by atoms with E-state index >= 15 is 0 Å². The van der Waals surface area contributed by atoms with Crippen LogP contribution in [0.15, 0.2) is 84.9 Å². The van der Waals surface area contributed by atoms with Crippen molar-refractivity contribution in [2.45, 2.75) is 45.1 Å². The summed E-state index contributed by atoms with van der Waals surface area (Å²) in [4.78, 5) is 15.5. The highest BCUT2D eigenvalue weighted by Gasteiger charge is 2.52. The van der Waals surface area contributed by atoms with Crippen LogP contribution in [0.3, 0.4) is 0 Å². The average Bonchev–Trinajstić information content (AvgIpc) is 2.88. The van der Waals surface area contributed by atoms with Gasteiger partial charge in [-0.15, -0.1) is 23.2 Å². The van der Waals surface area contributed by atoms with Gasteiger partial charge in [-0.3, -0.25) is 4.79 Å². The Hall–Kier alpha value is -2.27. The van der Waals surface area contributed by atoms with Gasteiger partial charge in [-0.05, 0) is 45.9 Å². The summed E-state index contributed by atoms with van der Waals surface area (Å²) in [7, 11) is -2.85. The maximum absolute atomic E-state index is 13.3. The van der Waals surface area contributed by atoms with E-state index in [2.05, 4.69) is 74.2 Å². The summed E-state index contributed by atoms with van der Waals surface area (Å²) < 4.78 is 6.59. The normalized spacial score (nSPS) is 11.8. The van der Waals surface area contributed by atoms with Crippen LogP contribution >= 0.6 is 23.2 Å². The van der Waals surface area contributed by atoms with E-state index in [1.807, 2.05) is 36.4 Å². The SMILES string of the molecule is CC(C)(C)[Si](OC(=O)CCCc1ccc(N(CCCl)CCCl)cc1)(c1ccccc1)c1ccccc1. The minimum absolute atomic E-state index is 0.128. The molecule has 0 saturated carbocycles. The molecule has 0 saturated heterocycles. The summed E-state index contributed by atoms with van der Waals surface area (Å²) in [5, 5.41) is 2.01. The molecule has 0 spiro atoms. The van der Waals surface area contributed by atoms with Gasteiger partial charge < -0.3 is 9.33 Å². The van der Waals surface area contributed by atoms with Crippen molar-refractivity contribution in [1.82, 2.24) is 0 Å². The van der Waals surface area contributed by atoms with Crippen LogP contribution in [-0.4, -0.2) is 39.1 Å². The van der Waals surface area contributed by atoms with Gasteiger partial charge in [0.05, 0.1) is 0 Å². The Morgan fingerprint density at radius 1 is 0.806 bits per heavy atom. The summed E-state index contributed by atoms with van der Waals surface area (Å²) in [6, 6.07) is 29.0. The van der Waals surface area contributed by atoms with Gasteiger partial charge in [0.25, 0.3) is 5.97 Å². The van der Waals surface area contributed by atoms with E-state index in [0.717, 1.165) is 42.0 Å². The molecule has 36 heavy (non-hydrogen) atoms. The van der Waals surface area contributed by atoms with E-state index in [-0.39, 0.29) is 11.0 Å². The summed E-state index contributed by atoms with van der Waals surface area (Å²) in [5.41, 5.74) is 2.32. The van der Waals surface area contributed by atoms with Crippen LogP contribution in [0.1, 0.15) is 39.2 Å². The first kappa shape index (κ1) is 28.3. The van der Waals surface area contributed by atoms with Gasteiger partial charge in [-0.1, -0.05) is 93.6 Å². The predicted octanol–water partition coefficient (Wildman–Crippen LogP) is 6.40.